The van der Waals surface area contributed by atoms with Gasteiger partial charge in [0.1, 0.15) is 0 Å². The molecule has 3 heterocycles. The number of amides is 4. The Kier molecular flexibility index (Phi) is 21.1. The smallest absolute Gasteiger partial charge is 0.352 e. The third-order valence-electron chi connectivity index (χ3n) is 16.4. The van der Waals surface area contributed by atoms with Crippen LogP contribution >= 0.6 is 0 Å². The maximum Gasteiger partial charge on any atom is 0.416 e. The molecule has 3 aliphatic heterocycles. The van der Waals surface area contributed by atoms with Gasteiger partial charge < -0.3 is 41.7 Å². The van der Waals surface area contributed by atoms with Crippen LogP contribution in [0.25, 0.3) is 21.5 Å². The van der Waals surface area contributed by atoms with Crippen LogP contribution in [0, 0.1) is 0 Å². The zero-order chi connectivity index (χ0) is 59.9. The number of carbonyl (C=O) groups excluding carboxylic acids is 4. The van der Waals surface area contributed by atoms with E-state index in [0.717, 1.165) is 60.4 Å². The van der Waals surface area contributed by atoms with Crippen molar-refractivity contribution < 1.29 is 45.5 Å². The van der Waals surface area contributed by atoms with Crippen molar-refractivity contribution in [2.75, 3.05) is 58.9 Å². The highest BCUT2D eigenvalue weighted by Crippen LogP contribution is 2.37. The first-order chi connectivity index (χ1) is 41.0. The molecule has 0 aliphatic carbocycles. The van der Waals surface area contributed by atoms with Gasteiger partial charge >= 0.3 is 12.4 Å². The Morgan fingerprint density at radius 1 is 0.553 bits per heavy atom. The van der Waals surface area contributed by atoms with Crippen LogP contribution in [-0.2, 0) is 28.5 Å². The summed E-state index contributed by atoms with van der Waals surface area (Å²) in [5.74, 6) is -0.511. The summed E-state index contributed by atoms with van der Waals surface area (Å²) in [5, 5.41) is 17.0. The predicted octanol–water partition coefficient (Wildman–Crippen LogP) is 10.9. The molecule has 6 N–H and O–H groups in total. The zero-order valence-corrected chi connectivity index (χ0v) is 47.5. The molecule has 0 bridgehead atoms. The lowest BCUT2D eigenvalue weighted by atomic mass is 9.90. The Labute approximate surface area is 492 Å². The van der Waals surface area contributed by atoms with Crippen LogP contribution in [0.1, 0.15) is 106 Å². The number of halogens is 6. The number of hydrogen-bond donors (Lipinski definition) is 5. The Bertz CT molecular complexity index is 3290. The second kappa shape index (κ2) is 29.0. The quantitative estimate of drug-likeness (QED) is 0.0502. The molecule has 0 unspecified atom stereocenters. The van der Waals surface area contributed by atoms with Crippen LogP contribution in [0.15, 0.2) is 164 Å². The van der Waals surface area contributed by atoms with Crippen molar-refractivity contribution >= 4 is 45.2 Å². The lowest BCUT2D eigenvalue weighted by Gasteiger charge is -2.30. The molecule has 0 spiro atoms. The first kappa shape index (κ1) is 61.9. The molecule has 18 heteroatoms. The maximum absolute atomic E-state index is 14.1. The Hall–Kier alpha value is -7.64. The summed E-state index contributed by atoms with van der Waals surface area (Å²) in [6.07, 6.45) is -3.95. The van der Waals surface area contributed by atoms with Crippen LogP contribution in [0.3, 0.4) is 0 Å². The third kappa shape index (κ3) is 17.1. The number of fused-ring (bicyclic) bond motifs is 2. The Balaban J connectivity index is 0.000000204. The van der Waals surface area contributed by atoms with Gasteiger partial charge in [0.15, 0.2) is 0 Å². The van der Waals surface area contributed by atoms with E-state index in [0.29, 0.717) is 62.2 Å². The fraction of sp³-hybridized carbons (Fsp3) is 0.373. The van der Waals surface area contributed by atoms with E-state index >= 15 is 0 Å². The van der Waals surface area contributed by atoms with Crippen molar-refractivity contribution in [3.63, 3.8) is 0 Å². The van der Waals surface area contributed by atoms with E-state index in [1.807, 2.05) is 78.9 Å². The van der Waals surface area contributed by atoms with E-state index in [4.69, 9.17) is 5.73 Å². The van der Waals surface area contributed by atoms with Crippen molar-refractivity contribution in [3.8, 4) is 0 Å². The van der Waals surface area contributed by atoms with E-state index < -0.39 is 42.0 Å². The topological polar surface area (TPSA) is 152 Å². The van der Waals surface area contributed by atoms with Crippen molar-refractivity contribution in [3.05, 3.63) is 203 Å². The average Bonchev–Trinajstić information content (AvgIpc) is 4.02. The highest BCUT2D eigenvalue weighted by Gasteiger charge is 2.39. The van der Waals surface area contributed by atoms with Gasteiger partial charge in [0.25, 0.3) is 11.8 Å². The molecule has 3 aliphatic rings. The lowest BCUT2D eigenvalue weighted by Crippen LogP contribution is -2.48. The summed E-state index contributed by atoms with van der Waals surface area (Å²) in [5.41, 5.74) is 6.06. The molecule has 448 valence electrons. The standard InChI is InChI=1S/C38H44N4O2.C29H30F6N4O2/c43-37(33-18-17-29-11-7-8-16-32(29)27-33)39-22-19-34-20-26-42(38(44)36(40-34)21-25-41-23-9-10-24-41)28-35(30-12-3-1-4-13-30)31-14-5-2-6-15-31;30-28(31,32)22-12-18(13-23(15-22)29(33,34)35)17-39-11-9-24(38-25(27(39)41)6-3-10-36)16-37-26(40)21-8-7-19-4-1-2-5-20(19)14-21/h1-8,11-18,27,34-36,40H,9-10,19-26,28H2,(H,39,43);1-2,4-5,7-8,12-15,24-25,38H,3,6,9-11,16-17,36H2,(H,37,40)/t34-,36+;24-,25-/m10/s1. The summed E-state index contributed by atoms with van der Waals surface area (Å²) in [6, 6.07) is 48.1. The van der Waals surface area contributed by atoms with Gasteiger partial charge in [-0.05, 0) is 152 Å². The first-order valence-corrected chi connectivity index (χ1v) is 29.4. The number of nitrogens with zero attached hydrogens (tertiary/aromatic N) is 3. The number of likely N-dealkylation sites (tertiary alicyclic amines) is 1. The molecule has 85 heavy (non-hydrogen) atoms. The van der Waals surface area contributed by atoms with Gasteiger partial charge in [-0.25, -0.2) is 0 Å². The Morgan fingerprint density at radius 2 is 1.05 bits per heavy atom. The molecule has 0 aromatic heterocycles. The van der Waals surface area contributed by atoms with Crippen LogP contribution in [0.4, 0.5) is 26.3 Å². The molecule has 10 rings (SSSR count). The normalized spacial score (nSPS) is 18.9. The molecular formula is C67H74F6N8O4. The highest BCUT2D eigenvalue weighted by atomic mass is 19.4. The monoisotopic (exact) mass is 1170 g/mol. The minimum Gasteiger partial charge on any atom is -0.352 e. The molecule has 3 fully saturated rings. The van der Waals surface area contributed by atoms with E-state index in [-0.39, 0.29) is 73.0 Å². The van der Waals surface area contributed by atoms with Crippen molar-refractivity contribution in [2.24, 2.45) is 5.73 Å². The van der Waals surface area contributed by atoms with Crippen LogP contribution in [-0.4, -0.2) is 121 Å². The molecule has 7 aromatic carbocycles. The molecule has 3 saturated heterocycles. The highest BCUT2D eigenvalue weighted by molar-refractivity contribution is 5.99. The van der Waals surface area contributed by atoms with Crippen molar-refractivity contribution in [1.29, 1.82) is 0 Å². The van der Waals surface area contributed by atoms with E-state index in [2.05, 4.69) is 85.7 Å². The Morgan fingerprint density at radius 3 is 1.61 bits per heavy atom. The SMILES string of the molecule is NCCC[C@@H]1N[C@H](CNC(=O)c2ccc3ccccc3c2)CCN(Cc2cc(C(F)(F)F)cc(C(F)(F)F)c2)C1=O.O=C(NCC[C@@H]1CCN(CC(c2ccccc2)c2ccccc2)C(=O)[C@H](CCN2CCCC2)N1)c1ccc2ccccc2c1. The number of rotatable bonds is 19. The van der Waals surface area contributed by atoms with E-state index in [1.165, 1.54) is 28.9 Å². The summed E-state index contributed by atoms with van der Waals surface area (Å²) in [4.78, 5) is 59.2. The zero-order valence-electron chi connectivity index (χ0n) is 47.5. The number of alkyl halides is 6. The van der Waals surface area contributed by atoms with Gasteiger partial charge in [-0.1, -0.05) is 121 Å². The minimum absolute atomic E-state index is 0.0544. The van der Waals surface area contributed by atoms with Crippen LogP contribution in [0.5, 0.6) is 0 Å². The molecule has 0 saturated carbocycles. The second-order valence-corrected chi connectivity index (χ2v) is 22.4. The number of nitrogens with one attached hydrogen (secondary N) is 4. The summed E-state index contributed by atoms with van der Waals surface area (Å²) in [6.45, 7) is 5.19. The largest absolute Gasteiger partial charge is 0.416 e. The summed E-state index contributed by atoms with van der Waals surface area (Å²) >= 11 is 0. The van der Waals surface area contributed by atoms with Gasteiger partial charge in [0, 0.05) is 74.9 Å². The second-order valence-electron chi connectivity index (χ2n) is 22.4. The molecule has 12 nitrogen and oxygen atoms in total. The molecule has 0 radical (unpaired) electrons. The van der Waals surface area contributed by atoms with Crippen LogP contribution in [0.2, 0.25) is 0 Å². The molecule has 4 amide bonds. The third-order valence-corrected chi connectivity index (χ3v) is 16.4. The van der Waals surface area contributed by atoms with Crippen molar-refractivity contribution in [2.45, 2.75) is 100 Å². The van der Waals surface area contributed by atoms with Crippen LogP contribution < -0.4 is 27.0 Å². The molecule has 4 atom stereocenters. The maximum atomic E-state index is 14.1. The van der Waals surface area contributed by atoms with Gasteiger partial charge in [-0.3, -0.25) is 19.2 Å². The van der Waals surface area contributed by atoms with Gasteiger partial charge in [0.05, 0.1) is 23.2 Å². The first-order valence-electron chi connectivity index (χ1n) is 29.4. The fourth-order valence-electron chi connectivity index (χ4n) is 11.7. The van der Waals surface area contributed by atoms with Gasteiger partial charge in [-0.2, -0.15) is 26.3 Å². The summed E-state index contributed by atoms with van der Waals surface area (Å²) < 4.78 is 80.1. The average molecular weight is 1170 g/mol. The lowest BCUT2D eigenvalue weighted by molar-refractivity contribution is -0.143. The van der Waals surface area contributed by atoms with Gasteiger partial charge in [-0.15, -0.1) is 0 Å². The molecular weight excluding hydrogens is 1090 g/mol. The minimum atomic E-state index is -4.99. The summed E-state index contributed by atoms with van der Waals surface area (Å²) in [7, 11) is 0. The number of carbonyl (C=O) groups is 4. The molecule has 7 aromatic rings. The number of benzene rings is 7. The number of nitrogens with two attached hydrogens (primary N) is 1. The van der Waals surface area contributed by atoms with E-state index in [9.17, 15) is 45.5 Å². The van der Waals surface area contributed by atoms with E-state index in [1.54, 1.807) is 12.1 Å². The fourth-order valence-corrected chi connectivity index (χ4v) is 11.7. The predicted molar refractivity (Wildman–Crippen MR) is 320 cm³/mol. The number of hydrogen-bond acceptors (Lipinski definition) is 8. The van der Waals surface area contributed by atoms with Gasteiger partial charge in [0.2, 0.25) is 11.8 Å². The van der Waals surface area contributed by atoms with Crippen molar-refractivity contribution in [1.82, 2.24) is 36.0 Å².